The fraction of sp³-hybridized carbons (Fsp3) is 0.875. The molecule has 1 saturated heterocycles. The molecule has 0 spiro atoms. The van der Waals surface area contributed by atoms with Crippen LogP contribution < -0.4 is 5.32 Å². The second-order valence-electron chi connectivity index (χ2n) is 6.71. The lowest BCUT2D eigenvalue weighted by Gasteiger charge is -2.39. The number of guanidine groups is 1. The molecule has 0 saturated carbocycles. The summed E-state index contributed by atoms with van der Waals surface area (Å²) in [5, 5.41) is 3.30. The predicted octanol–water partition coefficient (Wildman–Crippen LogP) is 1.19. The number of unbranched alkanes of at least 4 members (excludes halogenated alkanes) is 3. The van der Waals surface area contributed by atoms with Crippen molar-refractivity contribution >= 4 is 21.8 Å². The third kappa shape index (κ3) is 5.96. The Kier molecular flexibility index (Phi) is 7.99. The molecule has 8 heteroatoms. The Balaban J connectivity index is 2.30. The van der Waals surface area contributed by atoms with E-state index < -0.39 is 14.6 Å². The largest absolute Gasteiger partial charge is 0.469 e. The SMILES string of the molecule is CN=C(NCCCCCCC(=O)OC)N1CCS(=O)(=O)C(C)(C)C1. The van der Waals surface area contributed by atoms with E-state index in [9.17, 15) is 13.2 Å². The van der Waals surface area contributed by atoms with Crippen molar-refractivity contribution in [2.75, 3.05) is 39.5 Å². The zero-order chi connectivity index (χ0) is 18.2. The maximum Gasteiger partial charge on any atom is 0.305 e. The normalized spacial score (nSPS) is 19.8. The Labute approximate surface area is 145 Å². The van der Waals surface area contributed by atoms with Gasteiger partial charge in [-0.3, -0.25) is 9.79 Å². The van der Waals surface area contributed by atoms with Gasteiger partial charge < -0.3 is 15.0 Å². The second kappa shape index (κ2) is 9.25. The van der Waals surface area contributed by atoms with Crippen LogP contribution in [0.15, 0.2) is 4.99 Å². The molecule has 0 atom stereocenters. The maximum atomic E-state index is 12.1. The van der Waals surface area contributed by atoms with Gasteiger partial charge in [0.05, 0.1) is 17.6 Å². The summed E-state index contributed by atoms with van der Waals surface area (Å²) in [6.07, 6.45) is 4.32. The molecule has 1 aliphatic heterocycles. The lowest BCUT2D eigenvalue weighted by atomic mass is 10.1. The van der Waals surface area contributed by atoms with E-state index in [-0.39, 0.29) is 11.7 Å². The fourth-order valence-electron chi connectivity index (χ4n) is 2.71. The number of aliphatic imine (C=N–C) groups is 1. The second-order valence-corrected chi connectivity index (χ2v) is 9.46. The van der Waals surface area contributed by atoms with Crippen molar-refractivity contribution in [2.45, 2.75) is 50.7 Å². The van der Waals surface area contributed by atoms with Gasteiger partial charge in [0.15, 0.2) is 15.8 Å². The number of nitrogens with one attached hydrogen (secondary N) is 1. The van der Waals surface area contributed by atoms with Crippen LogP contribution in [0.25, 0.3) is 0 Å². The van der Waals surface area contributed by atoms with Gasteiger partial charge in [-0.25, -0.2) is 8.42 Å². The Morgan fingerprint density at radius 3 is 2.50 bits per heavy atom. The van der Waals surface area contributed by atoms with Gasteiger partial charge in [0, 0.05) is 33.1 Å². The van der Waals surface area contributed by atoms with Crippen molar-refractivity contribution in [3.05, 3.63) is 0 Å². The zero-order valence-corrected chi connectivity index (χ0v) is 16.1. The van der Waals surface area contributed by atoms with E-state index in [4.69, 9.17) is 0 Å². The van der Waals surface area contributed by atoms with Gasteiger partial charge in [-0.2, -0.15) is 0 Å². The minimum atomic E-state index is -3.04. The van der Waals surface area contributed by atoms with E-state index in [2.05, 4.69) is 15.0 Å². The van der Waals surface area contributed by atoms with Crippen molar-refractivity contribution in [3.8, 4) is 0 Å². The topological polar surface area (TPSA) is 88.1 Å². The van der Waals surface area contributed by atoms with Gasteiger partial charge in [-0.15, -0.1) is 0 Å². The third-order valence-electron chi connectivity index (χ3n) is 4.37. The molecule has 140 valence electrons. The van der Waals surface area contributed by atoms with Gasteiger partial charge in [-0.1, -0.05) is 12.8 Å². The molecule has 1 heterocycles. The number of carbonyl (C=O) groups excluding carboxylic acids is 1. The van der Waals surface area contributed by atoms with E-state index in [1.807, 2.05) is 4.90 Å². The van der Waals surface area contributed by atoms with Crippen molar-refractivity contribution in [2.24, 2.45) is 4.99 Å². The molecule has 1 fully saturated rings. The average Bonchev–Trinajstić information content (AvgIpc) is 2.52. The Morgan fingerprint density at radius 1 is 1.25 bits per heavy atom. The zero-order valence-electron chi connectivity index (χ0n) is 15.3. The number of ether oxygens (including phenoxy) is 1. The first-order valence-electron chi connectivity index (χ1n) is 8.48. The van der Waals surface area contributed by atoms with Crippen LogP contribution in [0, 0.1) is 0 Å². The highest BCUT2D eigenvalue weighted by molar-refractivity contribution is 7.92. The monoisotopic (exact) mass is 361 g/mol. The highest BCUT2D eigenvalue weighted by Crippen LogP contribution is 2.23. The van der Waals surface area contributed by atoms with Crippen LogP contribution in [0.1, 0.15) is 46.0 Å². The number of esters is 1. The molecule has 0 aliphatic carbocycles. The summed E-state index contributed by atoms with van der Waals surface area (Å²) in [5.41, 5.74) is 0. The summed E-state index contributed by atoms with van der Waals surface area (Å²) in [6, 6.07) is 0. The smallest absolute Gasteiger partial charge is 0.305 e. The number of hydrogen-bond donors (Lipinski definition) is 1. The number of rotatable bonds is 7. The first kappa shape index (κ1) is 20.7. The first-order valence-corrected chi connectivity index (χ1v) is 10.1. The highest BCUT2D eigenvalue weighted by Gasteiger charge is 2.40. The van der Waals surface area contributed by atoms with Crippen LogP contribution in [0.4, 0.5) is 0 Å². The molecule has 0 aromatic rings. The van der Waals surface area contributed by atoms with Crippen LogP contribution in [0.3, 0.4) is 0 Å². The molecular weight excluding hydrogens is 330 g/mol. The molecule has 0 radical (unpaired) electrons. The van der Waals surface area contributed by atoms with Crippen LogP contribution in [0.5, 0.6) is 0 Å². The molecule has 0 bridgehead atoms. The summed E-state index contributed by atoms with van der Waals surface area (Å²) >= 11 is 0. The van der Waals surface area contributed by atoms with E-state index in [0.717, 1.165) is 38.2 Å². The van der Waals surface area contributed by atoms with Gasteiger partial charge in [0.1, 0.15) is 0 Å². The Bertz CT molecular complexity index is 544. The van der Waals surface area contributed by atoms with E-state index in [1.54, 1.807) is 20.9 Å². The summed E-state index contributed by atoms with van der Waals surface area (Å²) in [6.45, 7) is 5.25. The van der Waals surface area contributed by atoms with Gasteiger partial charge in [-0.05, 0) is 26.7 Å². The molecule has 0 amide bonds. The van der Waals surface area contributed by atoms with Crippen molar-refractivity contribution < 1.29 is 17.9 Å². The van der Waals surface area contributed by atoms with Crippen LogP contribution in [-0.4, -0.2) is 69.5 Å². The van der Waals surface area contributed by atoms with Gasteiger partial charge in [0.25, 0.3) is 0 Å². The lowest BCUT2D eigenvalue weighted by Crippen LogP contribution is -2.57. The van der Waals surface area contributed by atoms with Crippen molar-refractivity contribution in [1.82, 2.24) is 10.2 Å². The Hall–Kier alpha value is -1.31. The van der Waals surface area contributed by atoms with Gasteiger partial charge >= 0.3 is 5.97 Å². The minimum Gasteiger partial charge on any atom is -0.469 e. The van der Waals surface area contributed by atoms with Crippen LogP contribution in [0.2, 0.25) is 0 Å². The summed E-state index contributed by atoms with van der Waals surface area (Å²) in [7, 11) is 0.0822. The first-order chi connectivity index (χ1) is 11.2. The number of carbonyl (C=O) groups is 1. The van der Waals surface area contributed by atoms with Crippen molar-refractivity contribution in [1.29, 1.82) is 0 Å². The lowest BCUT2D eigenvalue weighted by molar-refractivity contribution is -0.140. The molecule has 7 nitrogen and oxygen atoms in total. The molecule has 0 unspecified atom stereocenters. The molecule has 0 aromatic carbocycles. The maximum absolute atomic E-state index is 12.1. The summed E-state index contributed by atoms with van der Waals surface area (Å²) in [4.78, 5) is 17.3. The van der Waals surface area contributed by atoms with E-state index >= 15 is 0 Å². The number of hydrogen-bond acceptors (Lipinski definition) is 5. The molecule has 24 heavy (non-hydrogen) atoms. The minimum absolute atomic E-state index is 0.156. The van der Waals surface area contributed by atoms with Crippen molar-refractivity contribution in [3.63, 3.8) is 0 Å². The highest BCUT2D eigenvalue weighted by atomic mass is 32.2. The predicted molar refractivity (Wildman–Crippen MR) is 95.9 cm³/mol. The molecule has 1 aliphatic rings. The van der Waals surface area contributed by atoms with E-state index in [0.29, 0.717) is 19.5 Å². The molecular formula is C16H31N3O4S. The molecule has 0 aromatic heterocycles. The van der Waals surface area contributed by atoms with Crippen LogP contribution >= 0.6 is 0 Å². The fourth-order valence-corrected chi connectivity index (χ4v) is 4.07. The van der Waals surface area contributed by atoms with Crippen LogP contribution in [-0.2, 0) is 19.4 Å². The number of sulfone groups is 1. The third-order valence-corrected chi connectivity index (χ3v) is 6.91. The molecule has 1 rings (SSSR count). The summed E-state index contributed by atoms with van der Waals surface area (Å²) < 4.78 is 28.0. The summed E-state index contributed by atoms with van der Waals surface area (Å²) in [5.74, 6) is 0.762. The standard InChI is InChI=1S/C16H31N3O4S/c1-16(2)13-19(11-12-24(16,21)22)15(17-3)18-10-8-6-5-7-9-14(20)23-4/h5-13H2,1-4H3,(H,17,18). The number of nitrogens with zero attached hydrogens (tertiary/aromatic N) is 2. The molecule has 1 N–H and O–H groups in total. The van der Waals surface area contributed by atoms with E-state index in [1.165, 1.54) is 7.11 Å². The Morgan fingerprint density at radius 2 is 1.92 bits per heavy atom. The number of methoxy groups -OCH3 is 1. The quantitative estimate of drug-likeness (QED) is 0.317. The van der Waals surface area contributed by atoms with Gasteiger partial charge in [0.2, 0.25) is 0 Å². The average molecular weight is 362 g/mol.